The van der Waals surface area contributed by atoms with Crippen molar-refractivity contribution in [1.82, 2.24) is 5.32 Å². The molecule has 1 aromatic rings. The van der Waals surface area contributed by atoms with Gasteiger partial charge in [-0.25, -0.2) is 0 Å². The van der Waals surface area contributed by atoms with Crippen molar-refractivity contribution in [2.75, 3.05) is 24.5 Å². The molecule has 0 spiro atoms. The number of benzene rings is 1. The number of nitrogens with zero attached hydrogens (tertiary/aromatic N) is 1. The van der Waals surface area contributed by atoms with E-state index in [4.69, 9.17) is 0 Å². The topological polar surface area (TPSA) is 15.3 Å². The van der Waals surface area contributed by atoms with Crippen LogP contribution in [-0.2, 0) is 0 Å². The summed E-state index contributed by atoms with van der Waals surface area (Å²) in [6.07, 6.45) is 0. The Morgan fingerprint density at radius 2 is 1.78 bits per heavy atom. The minimum atomic E-state index is 0.252. The summed E-state index contributed by atoms with van der Waals surface area (Å²) in [5, 5.41) is 3.54. The molecule has 0 heterocycles. The minimum absolute atomic E-state index is 0.252. The molecule has 0 bridgehead atoms. The fourth-order valence-corrected chi connectivity index (χ4v) is 2.24. The third-order valence-corrected chi connectivity index (χ3v) is 3.78. The van der Waals surface area contributed by atoms with Crippen LogP contribution in [0.5, 0.6) is 0 Å². The molecule has 1 aromatic carbocycles. The zero-order valence-corrected chi connectivity index (χ0v) is 12.5. The highest BCUT2D eigenvalue weighted by Gasteiger charge is 2.27. The number of hydrogen-bond donors (Lipinski definition) is 1. The molecule has 102 valence electrons. The lowest BCUT2D eigenvalue weighted by molar-refractivity contribution is 0.264. The first kappa shape index (κ1) is 15.0. The zero-order valence-electron chi connectivity index (χ0n) is 12.5. The number of nitrogens with one attached hydrogen (secondary N) is 1. The number of anilines is 1. The minimum Gasteiger partial charge on any atom is -0.371 e. The van der Waals surface area contributed by atoms with Crippen molar-refractivity contribution < 1.29 is 0 Å². The summed E-state index contributed by atoms with van der Waals surface area (Å²) < 4.78 is 0. The summed E-state index contributed by atoms with van der Waals surface area (Å²) in [6.45, 7) is 14.5. The highest BCUT2D eigenvalue weighted by Crippen LogP contribution is 2.25. The summed E-state index contributed by atoms with van der Waals surface area (Å²) >= 11 is 0. The Balaban J connectivity index is 2.74. The van der Waals surface area contributed by atoms with E-state index in [2.05, 4.69) is 75.2 Å². The maximum atomic E-state index is 3.54. The van der Waals surface area contributed by atoms with Crippen molar-refractivity contribution in [1.29, 1.82) is 0 Å². The van der Waals surface area contributed by atoms with E-state index >= 15 is 0 Å². The second kappa shape index (κ2) is 6.79. The second-order valence-corrected chi connectivity index (χ2v) is 5.62. The monoisotopic (exact) mass is 248 g/mol. The first-order chi connectivity index (χ1) is 8.51. The van der Waals surface area contributed by atoms with Crippen molar-refractivity contribution in [3.05, 3.63) is 30.3 Å². The average Bonchev–Trinajstić information content (AvgIpc) is 2.37. The summed E-state index contributed by atoms with van der Waals surface area (Å²) in [4.78, 5) is 2.45. The second-order valence-electron chi connectivity index (χ2n) is 5.62. The molecular weight excluding hydrogens is 220 g/mol. The first-order valence-corrected chi connectivity index (χ1v) is 7.04. The van der Waals surface area contributed by atoms with Crippen molar-refractivity contribution in [3.63, 3.8) is 0 Å². The highest BCUT2D eigenvalue weighted by atomic mass is 15.1. The van der Waals surface area contributed by atoms with E-state index in [-0.39, 0.29) is 5.41 Å². The maximum Gasteiger partial charge on any atom is 0.0366 e. The standard InChI is InChI=1S/C16H28N2/c1-6-17-14(3)16(4,5)13-18(7-2)15-11-9-8-10-12-15/h8-12,14,17H,6-7,13H2,1-5H3. The van der Waals surface area contributed by atoms with E-state index in [0.717, 1.165) is 19.6 Å². The van der Waals surface area contributed by atoms with Crippen LogP contribution in [-0.4, -0.2) is 25.7 Å². The van der Waals surface area contributed by atoms with Gasteiger partial charge < -0.3 is 10.2 Å². The van der Waals surface area contributed by atoms with Crippen molar-refractivity contribution in [2.24, 2.45) is 5.41 Å². The Morgan fingerprint density at radius 3 is 2.28 bits per heavy atom. The quantitative estimate of drug-likeness (QED) is 0.794. The van der Waals surface area contributed by atoms with E-state index < -0.39 is 0 Å². The molecule has 0 aliphatic rings. The molecule has 2 nitrogen and oxygen atoms in total. The molecule has 1 unspecified atom stereocenters. The van der Waals surface area contributed by atoms with Gasteiger partial charge in [-0.2, -0.15) is 0 Å². The van der Waals surface area contributed by atoms with Crippen LogP contribution in [0.3, 0.4) is 0 Å². The van der Waals surface area contributed by atoms with Gasteiger partial charge in [-0.1, -0.05) is 39.0 Å². The lowest BCUT2D eigenvalue weighted by Gasteiger charge is -2.38. The third kappa shape index (κ3) is 4.02. The number of rotatable bonds is 7. The third-order valence-electron chi connectivity index (χ3n) is 3.78. The van der Waals surface area contributed by atoms with Gasteiger partial charge in [0.15, 0.2) is 0 Å². The summed E-state index contributed by atoms with van der Waals surface area (Å²) in [5.41, 5.74) is 1.57. The molecule has 2 heteroatoms. The predicted octanol–water partition coefficient (Wildman–Crippen LogP) is 3.54. The molecule has 1 N–H and O–H groups in total. The molecule has 0 aliphatic carbocycles. The van der Waals surface area contributed by atoms with E-state index in [1.54, 1.807) is 0 Å². The van der Waals surface area contributed by atoms with Gasteiger partial charge in [0.05, 0.1) is 0 Å². The smallest absolute Gasteiger partial charge is 0.0366 e. The molecule has 0 aromatic heterocycles. The van der Waals surface area contributed by atoms with Crippen molar-refractivity contribution >= 4 is 5.69 Å². The number of hydrogen-bond acceptors (Lipinski definition) is 2. The lowest BCUT2D eigenvalue weighted by atomic mass is 9.84. The van der Waals surface area contributed by atoms with E-state index in [1.807, 2.05) is 0 Å². The SMILES string of the molecule is CCNC(C)C(C)(C)CN(CC)c1ccccc1. The molecule has 0 radical (unpaired) electrons. The molecule has 0 fully saturated rings. The summed E-state index contributed by atoms with van der Waals surface area (Å²) in [5.74, 6) is 0. The van der Waals surface area contributed by atoms with Crippen LogP contribution >= 0.6 is 0 Å². The van der Waals surface area contributed by atoms with Crippen LogP contribution in [0.1, 0.15) is 34.6 Å². The fourth-order valence-electron chi connectivity index (χ4n) is 2.24. The normalized spacial score (nSPS) is 13.4. The van der Waals surface area contributed by atoms with Crippen molar-refractivity contribution in [2.45, 2.75) is 40.7 Å². The summed E-state index contributed by atoms with van der Waals surface area (Å²) in [6, 6.07) is 11.2. The van der Waals surface area contributed by atoms with E-state index in [1.165, 1.54) is 5.69 Å². The van der Waals surface area contributed by atoms with Gasteiger partial charge in [-0.15, -0.1) is 0 Å². The first-order valence-electron chi connectivity index (χ1n) is 7.04. The molecule has 1 rings (SSSR count). The van der Waals surface area contributed by atoms with Crippen LogP contribution in [0.25, 0.3) is 0 Å². The van der Waals surface area contributed by atoms with Crippen LogP contribution < -0.4 is 10.2 Å². The Kier molecular flexibility index (Phi) is 5.67. The fraction of sp³-hybridized carbons (Fsp3) is 0.625. The average molecular weight is 248 g/mol. The summed E-state index contributed by atoms with van der Waals surface area (Å²) in [7, 11) is 0. The molecule has 0 saturated heterocycles. The highest BCUT2D eigenvalue weighted by molar-refractivity contribution is 5.46. The molecule has 0 saturated carbocycles. The van der Waals surface area contributed by atoms with Gasteiger partial charge in [0.2, 0.25) is 0 Å². The molecule has 18 heavy (non-hydrogen) atoms. The zero-order chi connectivity index (χ0) is 13.6. The largest absolute Gasteiger partial charge is 0.371 e. The van der Waals surface area contributed by atoms with Gasteiger partial charge in [-0.3, -0.25) is 0 Å². The molecule has 0 aliphatic heterocycles. The molecule has 0 amide bonds. The number of para-hydroxylation sites is 1. The van der Waals surface area contributed by atoms with Crippen LogP contribution in [0.2, 0.25) is 0 Å². The van der Waals surface area contributed by atoms with Gasteiger partial charge in [0.25, 0.3) is 0 Å². The van der Waals surface area contributed by atoms with Gasteiger partial charge in [-0.05, 0) is 37.9 Å². The molecule has 1 atom stereocenters. The Morgan fingerprint density at radius 1 is 1.17 bits per heavy atom. The van der Waals surface area contributed by atoms with E-state index in [9.17, 15) is 0 Å². The molecular formula is C16H28N2. The Labute approximate surface area is 112 Å². The Hall–Kier alpha value is -1.02. The van der Waals surface area contributed by atoms with Gasteiger partial charge in [0, 0.05) is 24.8 Å². The van der Waals surface area contributed by atoms with Crippen molar-refractivity contribution in [3.8, 4) is 0 Å². The van der Waals surface area contributed by atoms with Gasteiger partial charge >= 0.3 is 0 Å². The maximum absolute atomic E-state index is 3.54. The Bertz CT molecular complexity index is 332. The lowest BCUT2D eigenvalue weighted by Crippen LogP contribution is -2.46. The van der Waals surface area contributed by atoms with E-state index in [0.29, 0.717) is 6.04 Å². The van der Waals surface area contributed by atoms with Crippen LogP contribution in [0.15, 0.2) is 30.3 Å². The van der Waals surface area contributed by atoms with Crippen LogP contribution in [0, 0.1) is 5.41 Å². The van der Waals surface area contributed by atoms with Crippen LogP contribution in [0.4, 0.5) is 5.69 Å². The predicted molar refractivity (Wildman–Crippen MR) is 81.2 cm³/mol. The van der Waals surface area contributed by atoms with Gasteiger partial charge in [0.1, 0.15) is 0 Å².